The highest BCUT2D eigenvalue weighted by Gasteiger charge is 2.31. The smallest absolute Gasteiger partial charge is 0.132 e. The maximum atomic E-state index is 11.3. The summed E-state index contributed by atoms with van der Waals surface area (Å²) in [6.45, 7) is 0.802. The summed E-state index contributed by atoms with van der Waals surface area (Å²) in [5.41, 5.74) is 1.33. The predicted octanol–water partition coefficient (Wildman–Crippen LogP) is 4.36. The molecule has 3 heteroatoms. The van der Waals surface area contributed by atoms with Gasteiger partial charge in [0, 0.05) is 23.8 Å². The first-order valence-electron chi connectivity index (χ1n) is 7.61. The van der Waals surface area contributed by atoms with Gasteiger partial charge in [0.2, 0.25) is 0 Å². The van der Waals surface area contributed by atoms with Crippen molar-refractivity contribution in [3.8, 4) is 0 Å². The van der Waals surface area contributed by atoms with Crippen LogP contribution in [0.5, 0.6) is 0 Å². The van der Waals surface area contributed by atoms with Gasteiger partial charge < -0.3 is 4.74 Å². The Morgan fingerprint density at radius 3 is 2.30 bits per heavy atom. The molecule has 2 aliphatic rings. The van der Waals surface area contributed by atoms with E-state index >= 15 is 0 Å². The third-order valence-electron chi connectivity index (χ3n) is 4.77. The molecule has 1 aromatic carbocycles. The zero-order valence-electron chi connectivity index (χ0n) is 11.7. The fourth-order valence-electron chi connectivity index (χ4n) is 3.48. The number of ether oxygens (including phenoxy) is 1. The number of carbonyl (C=O) groups excluding carboxylic acids is 1. The molecule has 2 fully saturated rings. The fourth-order valence-corrected chi connectivity index (χ4v) is 3.60. The molecule has 0 spiro atoms. The number of carbonyl (C=O) groups is 1. The Kier molecular flexibility index (Phi) is 4.42. The molecule has 2 nitrogen and oxygen atoms in total. The van der Waals surface area contributed by atoms with Crippen molar-refractivity contribution in [1.82, 2.24) is 0 Å². The van der Waals surface area contributed by atoms with Crippen LogP contribution < -0.4 is 0 Å². The minimum absolute atomic E-state index is 0.367. The van der Waals surface area contributed by atoms with E-state index in [2.05, 4.69) is 12.1 Å². The van der Waals surface area contributed by atoms with Crippen molar-refractivity contribution in [3.63, 3.8) is 0 Å². The van der Waals surface area contributed by atoms with Crippen LogP contribution in [0.15, 0.2) is 24.3 Å². The Bertz CT molecular complexity index is 450. The normalized spacial score (nSPS) is 28.6. The van der Waals surface area contributed by atoms with Gasteiger partial charge in [-0.3, -0.25) is 4.79 Å². The average Bonchev–Trinajstić information content (AvgIpc) is 2.49. The summed E-state index contributed by atoms with van der Waals surface area (Å²) in [6.07, 6.45) is 6.22. The van der Waals surface area contributed by atoms with Crippen LogP contribution in [0.1, 0.15) is 50.0 Å². The maximum absolute atomic E-state index is 11.3. The number of Topliss-reactive ketones (excluding diaryl/α,β-unsaturated/α-hetero) is 1. The minimum Gasteiger partial charge on any atom is -0.377 e. The van der Waals surface area contributed by atoms with Gasteiger partial charge in [0.1, 0.15) is 5.78 Å². The van der Waals surface area contributed by atoms with E-state index in [0.29, 0.717) is 23.7 Å². The first kappa shape index (κ1) is 14.1. The molecular weight excluding hydrogens is 272 g/mol. The molecule has 2 atom stereocenters. The second-order valence-corrected chi connectivity index (χ2v) is 6.51. The maximum Gasteiger partial charge on any atom is 0.132 e. The van der Waals surface area contributed by atoms with E-state index < -0.39 is 0 Å². The highest BCUT2D eigenvalue weighted by Crippen LogP contribution is 2.35. The lowest BCUT2D eigenvalue weighted by molar-refractivity contribution is -0.122. The lowest BCUT2D eigenvalue weighted by Gasteiger charge is -2.35. The topological polar surface area (TPSA) is 26.3 Å². The van der Waals surface area contributed by atoms with Gasteiger partial charge in [0.15, 0.2) is 0 Å². The monoisotopic (exact) mass is 292 g/mol. The molecule has 1 saturated heterocycles. The second-order valence-electron chi connectivity index (χ2n) is 6.07. The molecule has 108 valence electrons. The van der Waals surface area contributed by atoms with Gasteiger partial charge in [-0.05, 0) is 49.3 Å². The van der Waals surface area contributed by atoms with Crippen molar-refractivity contribution in [2.45, 2.75) is 50.5 Å². The largest absolute Gasteiger partial charge is 0.377 e. The molecule has 1 aliphatic heterocycles. The van der Waals surface area contributed by atoms with Crippen molar-refractivity contribution in [1.29, 1.82) is 0 Å². The average molecular weight is 293 g/mol. The fraction of sp³-hybridized carbons (Fsp3) is 0.588. The summed E-state index contributed by atoms with van der Waals surface area (Å²) in [5, 5.41) is 0.787. The molecule has 0 aromatic heterocycles. The number of ketones is 1. The van der Waals surface area contributed by atoms with E-state index in [1.807, 2.05) is 12.1 Å². The second kappa shape index (κ2) is 6.28. The van der Waals surface area contributed by atoms with E-state index in [1.165, 1.54) is 12.0 Å². The molecule has 1 aromatic rings. The Morgan fingerprint density at radius 1 is 1.00 bits per heavy atom. The van der Waals surface area contributed by atoms with E-state index in [9.17, 15) is 4.79 Å². The van der Waals surface area contributed by atoms with Gasteiger partial charge >= 0.3 is 0 Å². The molecule has 0 N–H and O–H groups in total. The van der Waals surface area contributed by atoms with Gasteiger partial charge in [-0.1, -0.05) is 23.7 Å². The van der Waals surface area contributed by atoms with Crippen LogP contribution in [0.4, 0.5) is 0 Å². The Hall–Kier alpha value is -0.860. The lowest BCUT2D eigenvalue weighted by atomic mass is 9.80. The molecule has 2 unspecified atom stereocenters. The van der Waals surface area contributed by atoms with Crippen LogP contribution in [-0.4, -0.2) is 18.5 Å². The molecule has 3 rings (SSSR count). The summed E-state index contributed by atoms with van der Waals surface area (Å²) in [5.74, 6) is 1.52. The molecule has 1 heterocycles. The minimum atomic E-state index is 0.367. The van der Waals surface area contributed by atoms with Crippen molar-refractivity contribution >= 4 is 17.4 Å². The number of rotatable bonds is 2. The summed E-state index contributed by atoms with van der Waals surface area (Å²) >= 11 is 5.93. The highest BCUT2D eigenvalue weighted by atomic mass is 35.5. The van der Waals surface area contributed by atoms with Crippen LogP contribution in [-0.2, 0) is 9.53 Å². The third kappa shape index (κ3) is 3.24. The van der Waals surface area contributed by atoms with Crippen molar-refractivity contribution < 1.29 is 9.53 Å². The van der Waals surface area contributed by atoms with Crippen LogP contribution in [0.25, 0.3) is 0 Å². The molecular formula is C17H21ClO2. The van der Waals surface area contributed by atoms with Crippen LogP contribution in [0.3, 0.4) is 0 Å². The summed E-state index contributed by atoms with van der Waals surface area (Å²) < 4.78 is 6.11. The zero-order chi connectivity index (χ0) is 13.9. The van der Waals surface area contributed by atoms with E-state index in [1.54, 1.807) is 0 Å². The quantitative estimate of drug-likeness (QED) is 0.809. The molecule has 0 radical (unpaired) electrons. The number of halogens is 1. The summed E-state index contributed by atoms with van der Waals surface area (Å²) in [6, 6.07) is 8.12. The van der Waals surface area contributed by atoms with Gasteiger partial charge in [-0.15, -0.1) is 0 Å². The van der Waals surface area contributed by atoms with Gasteiger partial charge in [0.05, 0.1) is 12.7 Å². The van der Waals surface area contributed by atoms with Crippen molar-refractivity contribution in [3.05, 3.63) is 34.9 Å². The van der Waals surface area contributed by atoms with Crippen LogP contribution in [0, 0.1) is 5.92 Å². The summed E-state index contributed by atoms with van der Waals surface area (Å²) in [4.78, 5) is 11.3. The SMILES string of the molecule is O=C1CCC(C2CCC(c3ccc(Cl)cc3)CO2)CC1. The van der Waals surface area contributed by atoms with Gasteiger partial charge in [0.25, 0.3) is 0 Å². The molecule has 1 saturated carbocycles. The van der Waals surface area contributed by atoms with Crippen molar-refractivity contribution in [2.75, 3.05) is 6.61 Å². The van der Waals surface area contributed by atoms with Gasteiger partial charge in [-0.25, -0.2) is 0 Å². The van der Waals surface area contributed by atoms with E-state index in [0.717, 1.165) is 43.7 Å². The predicted molar refractivity (Wildman–Crippen MR) is 80.1 cm³/mol. The van der Waals surface area contributed by atoms with Crippen LogP contribution in [0.2, 0.25) is 5.02 Å². The first-order valence-corrected chi connectivity index (χ1v) is 7.99. The Balaban J connectivity index is 1.54. The van der Waals surface area contributed by atoms with E-state index in [4.69, 9.17) is 16.3 Å². The summed E-state index contributed by atoms with van der Waals surface area (Å²) in [7, 11) is 0. The standard InChI is InChI=1S/C17H21ClO2/c18-15-6-1-12(2-7-15)14-5-10-17(20-11-14)13-3-8-16(19)9-4-13/h1-2,6-7,13-14,17H,3-5,8-11H2. The Morgan fingerprint density at radius 2 is 1.70 bits per heavy atom. The molecule has 0 amide bonds. The highest BCUT2D eigenvalue weighted by molar-refractivity contribution is 6.30. The Labute approximate surface area is 125 Å². The zero-order valence-corrected chi connectivity index (χ0v) is 12.4. The van der Waals surface area contributed by atoms with Crippen molar-refractivity contribution in [2.24, 2.45) is 5.92 Å². The number of benzene rings is 1. The first-order chi connectivity index (χ1) is 9.72. The molecule has 1 aliphatic carbocycles. The molecule has 20 heavy (non-hydrogen) atoms. The number of hydrogen-bond donors (Lipinski definition) is 0. The van der Waals surface area contributed by atoms with Crippen LogP contribution >= 0.6 is 11.6 Å². The molecule has 0 bridgehead atoms. The lowest BCUT2D eigenvalue weighted by Crippen LogP contribution is -2.33. The van der Waals surface area contributed by atoms with E-state index in [-0.39, 0.29) is 0 Å². The number of hydrogen-bond acceptors (Lipinski definition) is 2. The van der Waals surface area contributed by atoms with Gasteiger partial charge in [-0.2, -0.15) is 0 Å². The third-order valence-corrected chi connectivity index (χ3v) is 5.02.